The molecule has 0 saturated carbocycles. The highest BCUT2D eigenvalue weighted by molar-refractivity contribution is 6.05. The molecule has 5 heterocycles. The maximum atomic E-state index is 16.7. The third-order valence-electron chi connectivity index (χ3n) is 9.82. The molecule has 50 heavy (non-hydrogen) atoms. The molecule has 4 aromatic rings. The lowest BCUT2D eigenvalue weighted by Gasteiger charge is -2.36. The number of carbonyl (C=O) groups excluding carboxylic acids is 2. The van der Waals surface area contributed by atoms with Crippen molar-refractivity contribution in [3.8, 4) is 16.9 Å². The van der Waals surface area contributed by atoms with E-state index in [4.69, 9.17) is 4.74 Å². The number of benzene rings is 2. The number of fused-ring (bicyclic) bond motifs is 1. The van der Waals surface area contributed by atoms with E-state index in [0.717, 1.165) is 22.5 Å². The fourth-order valence-electron chi connectivity index (χ4n) is 7.11. The fourth-order valence-corrected chi connectivity index (χ4v) is 7.11. The fraction of sp³-hybridized carbons (Fsp3) is 0.342. The summed E-state index contributed by atoms with van der Waals surface area (Å²) in [7, 11) is 1.61. The molecule has 260 valence electrons. The number of halogens is 1. The summed E-state index contributed by atoms with van der Waals surface area (Å²) in [6.07, 6.45) is 8.50. The third kappa shape index (κ3) is 6.50. The zero-order valence-electron chi connectivity index (χ0n) is 28.8. The van der Waals surface area contributed by atoms with Crippen LogP contribution in [-0.4, -0.2) is 89.5 Å². The maximum Gasteiger partial charge on any atom is 0.270 e. The minimum Gasteiger partial charge on any atom is -0.496 e. The van der Waals surface area contributed by atoms with E-state index in [1.54, 1.807) is 18.1 Å². The Morgan fingerprint density at radius 1 is 1.00 bits per heavy atom. The Bertz CT molecular complexity index is 1960. The molecule has 3 aliphatic heterocycles. The molecule has 1 fully saturated rings. The summed E-state index contributed by atoms with van der Waals surface area (Å²) in [5, 5.41) is 2.53. The van der Waals surface area contributed by atoms with E-state index in [2.05, 4.69) is 40.2 Å². The number of hydrogen-bond donors (Lipinski definition) is 3. The van der Waals surface area contributed by atoms with Crippen molar-refractivity contribution in [2.45, 2.75) is 32.6 Å². The molecule has 3 aliphatic rings. The quantitative estimate of drug-likeness (QED) is 0.227. The molecule has 1 saturated heterocycles. The van der Waals surface area contributed by atoms with E-state index in [0.29, 0.717) is 87.0 Å². The highest BCUT2D eigenvalue weighted by atomic mass is 19.1. The molecule has 11 nitrogen and oxygen atoms in total. The van der Waals surface area contributed by atoms with E-state index in [1.807, 2.05) is 76.5 Å². The zero-order chi connectivity index (χ0) is 34.8. The van der Waals surface area contributed by atoms with E-state index in [9.17, 15) is 9.59 Å². The minimum absolute atomic E-state index is 0.0204. The number of piperazine rings is 1. The summed E-state index contributed by atoms with van der Waals surface area (Å²) >= 11 is 0. The molecule has 7 rings (SSSR count). The Morgan fingerprint density at radius 2 is 1.82 bits per heavy atom. The molecule has 12 heteroatoms. The SMILES string of the molecule is COc1ccccc1-c1cc(C2=CCCN(C(=O)CCN3C=CN[NH2+]3)C2)c(F)c2[nH]c(C(=O)N3CCN(c4ncccc4C(C)C)CC3)cc12. The van der Waals surface area contributed by atoms with E-state index in [-0.39, 0.29) is 17.3 Å². The lowest BCUT2D eigenvalue weighted by Crippen LogP contribution is -2.96. The number of aromatic amines is 1. The van der Waals surface area contributed by atoms with Crippen molar-refractivity contribution in [3.63, 3.8) is 0 Å². The first-order valence-corrected chi connectivity index (χ1v) is 17.3. The first-order valence-electron chi connectivity index (χ1n) is 17.3. The van der Waals surface area contributed by atoms with Crippen LogP contribution >= 0.6 is 0 Å². The van der Waals surface area contributed by atoms with Gasteiger partial charge in [0.1, 0.15) is 17.3 Å². The van der Waals surface area contributed by atoms with Crippen LogP contribution in [0.5, 0.6) is 5.75 Å². The number of aromatic nitrogens is 2. The largest absolute Gasteiger partial charge is 0.496 e. The maximum absolute atomic E-state index is 16.7. The van der Waals surface area contributed by atoms with Gasteiger partial charge in [-0.2, -0.15) is 0 Å². The van der Waals surface area contributed by atoms with Crippen molar-refractivity contribution in [1.82, 2.24) is 30.2 Å². The van der Waals surface area contributed by atoms with Gasteiger partial charge < -0.3 is 24.4 Å². The topological polar surface area (TPSA) is 114 Å². The van der Waals surface area contributed by atoms with Gasteiger partial charge in [0.15, 0.2) is 5.82 Å². The third-order valence-corrected chi connectivity index (χ3v) is 9.82. The predicted octanol–water partition coefficient (Wildman–Crippen LogP) is 4.24. The summed E-state index contributed by atoms with van der Waals surface area (Å²) in [5.74, 6) is 1.35. The highest BCUT2D eigenvalue weighted by Gasteiger charge is 2.29. The van der Waals surface area contributed by atoms with Gasteiger partial charge in [0.2, 0.25) is 5.91 Å². The lowest BCUT2D eigenvalue weighted by atomic mass is 9.93. The second-order valence-corrected chi connectivity index (χ2v) is 13.2. The number of hydrogen-bond acceptors (Lipinski definition) is 7. The van der Waals surface area contributed by atoms with Crippen molar-refractivity contribution in [2.24, 2.45) is 0 Å². The highest BCUT2D eigenvalue weighted by Crippen LogP contribution is 2.40. The second-order valence-electron chi connectivity index (χ2n) is 13.2. The molecule has 0 unspecified atom stereocenters. The molecular weight excluding hydrogens is 635 g/mol. The van der Waals surface area contributed by atoms with Crippen LogP contribution in [0.2, 0.25) is 0 Å². The van der Waals surface area contributed by atoms with Crippen molar-refractivity contribution >= 4 is 34.1 Å². The Hall–Kier alpha value is -5.36. The summed E-state index contributed by atoms with van der Waals surface area (Å²) in [6.45, 7) is 8.11. The van der Waals surface area contributed by atoms with Crippen LogP contribution in [0.3, 0.4) is 0 Å². The molecule has 0 radical (unpaired) electrons. The number of amides is 2. The van der Waals surface area contributed by atoms with Crippen molar-refractivity contribution in [3.05, 3.63) is 95.8 Å². The first kappa shape index (κ1) is 33.2. The summed E-state index contributed by atoms with van der Waals surface area (Å²) in [5.41, 5.74) is 9.27. The van der Waals surface area contributed by atoms with Gasteiger partial charge in [-0.05, 0) is 53.3 Å². The minimum atomic E-state index is -0.442. The molecule has 0 bridgehead atoms. The molecule has 4 N–H and O–H groups in total. The normalized spacial score (nSPS) is 16.3. The number of H-pyrrole nitrogens is 1. The van der Waals surface area contributed by atoms with Crippen molar-refractivity contribution in [2.75, 3.05) is 57.8 Å². The van der Waals surface area contributed by atoms with Gasteiger partial charge in [0.25, 0.3) is 5.91 Å². The standard InChI is InChI=1S/C38H43FN8O3/c1-25(2)27-10-6-13-40-37(27)44-18-20-45(21-19-44)38(49)32-23-31-30(28-9-4-5-11-33(28)50-3)22-29(35(39)36(31)42-32)26-8-7-15-46(24-26)34(48)12-16-47-17-14-41-43-47/h4-6,8-11,13-14,17,22-23,25,41-43H,7,12,15-16,18-21,24H2,1-3H3/p+1. The molecule has 2 aromatic carbocycles. The number of quaternary nitrogens is 1. The molecular formula is C38H44FN8O3+. The van der Waals surface area contributed by atoms with Gasteiger partial charge in [0, 0.05) is 68.4 Å². The zero-order valence-corrected chi connectivity index (χ0v) is 28.8. The average molecular weight is 680 g/mol. The Labute approximate surface area is 291 Å². The average Bonchev–Trinajstić information content (AvgIpc) is 3.85. The number of anilines is 1. The number of ether oxygens (including phenoxy) is 1. The Kier molecular flexibility index (Phi) is 9.44. The van der Waals surface area contributed by atoms with Gasteiger partial charge in [-0.25, -0.2) is 19.8 Å². The second kappa shape index (κ2) is 14.2. The van der Waals surface area contributed by atoms with Crippen LogP contribution in [0.15, 0.2) is 73.2 Å². The van der Waals surface area contributed by atoms with Crippen LogP contribution in [0.4, 0.5) is 10.2 Å². The number of pyridine rings is 1. The van der Waals surface area contributed by atoms with Crippen LogP contribution in [0.25, 0.3) is 27.6 Å². The van der Waals surface area contributed by atoms with Crippen LogP contribution in [0.1, 0.15) is 54.2 Å². The molecule has 2 aromatic heterocycles. The predicted molar refractivity (Wildman–Crippen MR) is 191 cm³/mol. The Morgan fingerprint density at radius 3 is 2.58 bits per heavy atom. The van der Waals surface area contributed by atoms with Crippen LogP contribution in [0, 0.1) is 5.82 Å². The van der Waals surface area contributed by atoms with Gasteiger partial charge in [0.05, 0.1) is 31.6 Å². The van der Waals surface area contributed by atoms with Gasteiger partial charge in [-0.1, -0.05) is 44.2 Å². The summed E-state index contributed by atoms with van der Waals surface area (Å²) < 4.78 is 22.4. The van der Waals surface area contributed by atoms with Crippen LogP contribution in [-0.2, 0) is 4.79 Å². The summed E-state index contributed by atoms with van der Waals surface area (Å²) in [4.78, 5) is 40.9. The smallest absolute Gasteiger partial charge is 0.270 e. The first-order chi connectivity index (χ1) is 24.3. The van der Waals surface area contributed by atoms with E-state index in [1.165, 1.54) is 5.56 Å². The molecule has 2 amide bonds. The van der Waals surface area contributed by atoms with Gasteiger partial charge in [-0.3, -0.25) is 9.59 Å². The number of nitrogens with two attached hydrogens (primary N) is 1. The molecule has 0 aliphatic carbocycles. The van der Waals surface area contributed by atoms with Gasteiger partial charge >= 0.3 is 0 Å². The number of nitrogens with one attached hydrogen (secondary N) is 2. The molecule has 0 spiro atoms. The number of nitrogens with zero attached hydrogens (tertiary/aromatic N) is 5. The summed E-state index contributed by atoms with van der Waals surface area (Å²) in [6, 6.07) is 15.3. The lowest BCUT2D eigenvalue weighted by molar-refractivity contribution is -0.821. The monoisotopic (exact) mass is 679 g/mol. The van der Waals surface area contributed by atoms with E-state index >= 15 is 4.39 Å². The number of methoxy groups -OCH3 is 1. The number of rotatable bonds is 9. The Balaban J connectivity index is 1.18. The van der Waals surface area contributed by atoms with E-state index < -0.39 is 5.82 Å². The van der Waals surface area contributed by atoms with Crippen LogP contribution < -0.4 is 20.6 Å². The molecule has 0 atom stereocenters. The van der Waals surface area contributed by atoms with Crippen molar-refractivity contribution in [1.29, 1.82) is 0 Å². The van der Waals surface area contributed by atoms with Gasteiger partial charge in [-0.15, -0.1) is 5.53 Å². The van der Waals surface area contributed by atoms with Crippen molar-refractivity contribution < 1.29 is 24.3 Å². The number of carbonyl (C=O) groups is 2. The number of para-hydroxylation sites is 1.